The van der Waals surface area contributed by atoms with Crippen molar-refractivity contribution in [3.8, 4) is 0 Å². The number of allylic oxidation sites excluding steroid dienone is 1. The lowest BCUT2D eigenvalue weighted by atomic mass is 10.1. The Morgan fingerprint density at radius 1 is 1.12 bits per heavy atom. The van der Waals surface area contributed by atoms with Crippen molar-refractivity contribution in [2.24, 2.45) is 13.0 Å². The first-order valence-electron chi connectivity index (χ1n) is 11.3. The number of anilines is 2. The quantitative estimate of drug-likeness (QED) is 0.440. The molecular weight excluding hydrogens is 450 g/mol. The van der Waals surface area contributed by atoms with Gasteiger partial charge in [0.25, 0.3) is 5.56 Å². The van der Waals surface area contributed by atoms with E-state index >= 15 is 0 Å². The molecule has 0 unspecified atom stereocenters. The third-order valence-corrected chi connectivity index (χ3v) is 6.54. The van der Waals surface area contributed by atoms with Gasteiger partial charge in [0.2, 0.25) is 5.95 Å². The molecule has 7 nitrogen and oxygen atoms in total. The Morgan fingerprint density at radius 2 is 1.88 bits per heavy atom. The average molecular weight is 476 g/mol. The van der Waals surface area contributed by atoms with Gasteiger partial charge in [0, 0.05) is 37.4 Å². The molecule has 0 N–H and O–H groups in total. The molecule has 0 fully saturated rings. The minimum atomic E-state index is -0.385. The SMILES string of the molecule is Cc1ccc(Cl)cc1N1C[C@H](C)Cn2c1nc1c2c(=O)n(C/C=C/c2ccccc2)c(=O)n1C. The van der Waals surface area contributed by atoms with E-state index in [-0.39, 0.29) is 23.7 Å². The number of imidazole rings is 1. The van der Waals surface area contributed by atoms with Crippen molar-refractivity contribution in [2.75, 3.05) is 11.4 Å². The maximum absolute atomic E-state index is 13.6. The summed E-state index contributed by atoms with van der Waals surface area (Å²) >= 11 is 6.30. The van der Waals surface area contributed by atoms with Crippen LogP contribution in [0.3, 0.4) is 0 Å². The van der Waals surface area contributed by atoms with Crippen LogP contribution in [-0.2, 0) is 20.1 Å². The van der Waals surface area contributed by atoms with Gasteiger partial charge in [0.1, 0.15) is 0 Å². The summed E-state index contributed by atoms with van der Waals surface area (Å²) in [5.41, 5.74) is 3.15. The molecule has 1 atom stereocenters. The molecule has 1 aliphatic rings. The molecule has 0 bridgehead atoms. The van der Waals surface area contributed by atoms with Gasteiger partial charge >= 0.3 is 5.69 Å². The minimum Gasteiger partial charge on any atom is -0.311 e. The van der Waals surface area contributed by atoms with Crippen LogP contribution in [0.15, 0.2) is 64.2 Å². The number of rotatable bonds is 4. The van der Waals surface area contributed by atoms with Crippen LogP contribution in [-0.4, -0.2) is 25.2 Å². The molecule has 3 heterocycles. The second kappa shape index (κ2) is 8.65. The zero-order valence-electron chi connectivity index (χ0n) is 19.4. The summed E-state index contributed by atoms with van der Waals surface area (Å²) in [6, 6.07) is 15.6. The van der Waals surface area contributed by atoms with Gasteiger partial charge in [-0.25, -0.2) is 4.79 Å². The Labute approximate surface area is 202 Å². The number of aryl methyl sites for hydroxylation is 2. The lowest BCUT2D eigenvalue weighted by molar-refractivity contribution is 0.457. The number of hydrogen-bond acceptors (Lipinski definition) is 4. The van der Waals surface area contributed by atoms with Gasteiger partial charge in [-0.1, -0.05) is 67.1 Å². The molecule has 0 radical (unpaired) electrons. The van der Waals surface area contributed by atoms with Crippen molar-refractivity contribution < 1.29 is 0 Å². The number of hydrogen-bond donors (Lipinski definition) is 0. The molecule has 8 heteroatoms. The van der Waals surface area contributed by atoms with Crippen LogP contribution < -0.4 is 16.1 Å². The zero-order valence-corrected chi connectivity index (χ0v) is 20.2. The maximum atomic E-state index is 13.6. The van der Waals surface area contributed by atoms with E-state index in [1.54, 1.807) is 7.05 Å². The van der Waals surface area contributed by atoms with E-state index in [9.17, 15) is 9.59 Å². The van der Waals surface area contributed by atoms with E-state index in [4.69, 9.17) is 16.6 Å². The summed E-state index contributed by atoms with van der Waals surface area (Å²) in [6.45, 7) is 5.75. The molecule has 174 valence electrons. The van der Waals surface area contributed by atoms with Gasteiger partial charge in [-0.05, 0) is 36.1 Å². The number of fused-ring (bicyclic) bond motifs is 3. The highest BCUT2D eigenvalue weighted by Gasteiger charge is 2.30. The molecule has 0 saturated heterocycles. The number of aromatic nitrogens is 4. The fourth-order valence-corrected chi connectivity index (χ4v) is 4.77. The molecule has 0 aliphatic carbocycles. The van der Waals surface area contributed by atoms with Crippen molar-refractivity contribution in [1.29, 1.82) is 0 Å². The number of halogens is 1. The van der Waals surface area contributed by atoms with E-state index in [0.29, 0.717) is 28.7 Å². The van der Waals surface area contributed by atoms with Gasteiger partial charge in [0.05, 0.1) is 0 Å². The Bertz CT molecular complexity index is 1530. The highest BCUT2D eigenvalue weighted by atomic mass is 35.5. The first-order valence-corrected chi connectivity index (χ1v) is 11.7. The van der Waals surface area contributed by atoms with E-state index in [0.717, 1.165) is 23.4 Å². The normalized spacial score (nSPS) is 15.9. The van der Waals surface area contributed by atoms with Gasteiger partial charge in [-0.3, -0.25) is 13.9 Å². The van der Waals surface area contributed by atoms with Crippen LogP contribution in [0.5, 0.6) is 0 Å². The summed E-state index contributed by atoms with van der Waals surface area (Å²) in [4.78, 5) is 33.5. The predicted molar refractivity (Wildman–Crippen MR) is 137 cm³/mol. The molecule has 5 rings (SSSR count). The Hall–Kier alpha value is -3.58. The molecule has 2 aromatic carbocycles. The van der Waals surface area contributed by atoms with E-state index in [1.807, 2.05) is 72.2 Å². The van der Waals surface area contributed by atoms with Crippen LogP contribution in [0.4, 0.5) is 11.6 Å². The van der Waals surface area contributed by atoms with Gasteiger partial charge in [-0.15, -0.1) is 0 Å². The molecule has 4 aromatic rings. The smallest absolute Gasteiger partial charge is 0.311 e. The number of benzene rings is 2. The minimum absolute atomic E-state index is 0.184. The second-order valence-corrected chi connectivity index (χ2v) is 9.35. The highest BCUT2D eigenvalue weighted by Crippen LogP contribution is 2.35. The molecule has 1 aliphatic heterocycles. The van der Waals surface area contributed by atoms with Crippen LogP contribution >= 0.6 is 11.6 Å². The van der Waals surface area contributed by atoms with Crippen LogP contribution in [0.1, 0.15) is 18.1 Å². The molecule has 2 aromatic heterocycles. The highest BCUT2D eigenvalue weighted by molar-refractivity contribution is 6.30. The van der Waals surface area contributed by atoms with E-state index < -0.39 is 0 Å². The molecule has 0 saturated carbocycles. The summed E-state index contributed by atoms with van der Waals surface area (Å²) < 4.78 is 4.68. The van der Waals surface area contributed by atoms with Crippen molar-refractivity contribution in [2.45, 2.75) is 26.9 Å². The topological polar surface area (TPSA) is 65.1 Å². The van der Waals surface area contributed by atoms with Crippen molar-refractivity contribution in [3.05, 3.63) is 91.6 Å². The Morgan fingerprint density at radius 3 is 2.65 bits per heavy atom. The van der Waals surface area contributed by atoms with E-state index in [2.05, 4.69) is 11.8 Å². The number of nitrogens with zero attached hydrogens (tertiary/aromatic N) is 5. The predicted octanol–water partition coefficient (Wildman–Crippen LogP) is 4.36. The van der Waals surface area contributed by atoms with Crippen LogP contribution in [0, 0.1) is 12.8 Å². The molecule has 0 amide bonds. The van der Waals surface area contributed by atoms with Gasteiger partial charge in [-0.2, -0.15) is 4.98 Å². The standard InChI is InChI=1S/C26H26ClN5O2/c1-17-15-31(21-14-20(27)12-11-18(21)2)25-28-23-22(32(25)16-17)24(33)30(26(34)29(23)3)13-7-10-19-8-5-4-6-9-19/h4-12,14,17H,13,15-16H2,1-3H3/b10-7+/t17-/m0/s1. The largest absolute Gasteiger partial charge is 0.332 e. The van der Waals surface area contributed by atoms with Crippen LogP contribution in [0.2, 0.25) is 5.02 Å². The lowest BCUT2D eigenvalue weighted by Crippen LogP contribution is -2.40. The van der Waals surface area contributed by atoms with Crippen molar-refractivity contribution in [1.82, 2.24) is 18.7 Å². The molecule has 0 spiro atoms. The lowest BCUT2D eigenvalue weighted by Gasteiger charge is -2.33. The Balaban J connectivity index is 1.65. The summed E-state index contributed by atoms with van der Waals surface area (Å²) in [7, 11) is 1.67. The third kappa shape index (κ3) is 3.76. The fraction of sp³-hybridized carbons (Fsp3) is 0.269. The van der Waals surface area contributed by atoms with E-state index in [1.165, 1.54) is 9.13 Å². The summed E-state index contributed by atoms with van der Waals surface area (Å²) in [5, 5.41) is 0.640. The maximum Gasteiger partial charge on any atom is 0.332 e. The van der Waals surface area contributed by atoms with Gasteiger partial charge < -0.3 is 9.47 Å². The van der Waals surface area contributed by atoms with Crippen molar-refractivity contribution >= 4 is 40.5 Å². The first kappa shape index (κ1) is 22.2. The summed E-state index contributed by atoms with van der Waals surface area (Å²) in [6.07, 6.45) is 3.75. The molecular formula is C26H26ClN5O2. The van der Waals surface area contributed by atoms with Crippen LogP contribution in [0.25, 0.3) is 17.2 Å². The summed E-state index contributed by atoms with van der Waals surface area (Å²) in [5.74, 6) is 0.925. The second-order valence-electron chi connectivity index (χ2n) is 8.91. The third-order valence-electron chi connectivity index (χ3n) is 6.30. The average Bonchev–Trinajstić information content (AvgIpc) is 3.21. The fourth-order valence-electron chi connectivity index (χ4n) is 4.60. The first-order chi connectivity index (χ1) is 16.3. The van der Waals surface area contributed by atoms with Crippen molar-refractivity contribution in [3.63, 3.8) is 0 Å². The monoisotopic (exact) mass is 475 g/mol. The molecule has 34 heavy (non-hydrogen) atoms. The Kier molecular flexibility index (Phi) is 5.65. The van der Waals surface area contributed by atoms with Gasteiger partial charge in [0.15, 0.2) is 11.2 Å². The zero-order chi connectivity index (χ0) is 24.0.